The van der Waals surface area contributed by atoms with Crippen LogP contribution in [0.1, 0.15) is 17.3 Å². The summed E-state index contributed by atoms with van der Waals surface area (Å²) in [5.74, 6) is -0.499. The minimum atomic E-state index is -0.474. The Labute approximate surface area is 160 Å². The fourth-order valence-corrected chi connectivity index (χ4v) is 3.39. The third kappa shape index (κ3) is 4.71. The van der Waals surface area contributed by atoms with E-state index in [0.717, 1.165) is 11.1 Å². The van der Waals surface area contributed by atoms with E-state index in [0.29, 0.717) is 16.4 Å². The molecule has 0 aliphatic heterocycles. The maximum absolute atomic E-state index is 12.5. The molecule has 27 heavy (non-hydrogen) atoms. The van der Waals surface area contributed by atoms with Crippen molar-refractivity contribution in [1.29, 1.82) is 0 Å². The van der Waals surface area contributed by atoms with Crippen molar-refractivity contribution >= 4 is 28.2 Å². The number of anilines is 1. The van der Waals surface area contributed by atoms with Gasteiger partial charge in [0.1, 0.15) is 10.6 Å². The molecule has 6 nitrogen and oxygen atoms in total. The molecule has 3 rings (SSSR count). The molecule has 1 N–H and O–H groups in total. The van der Waals surface area contributed by atoms with Crippen molar-refractivity contribution in [2.75, 3.05) is 18.5 Å². The highest BCUT2D eigenvalue weighted by Gasteiger charge is 2.22. The summed E-state index contributed by atoms with van der Waals surface area (Å²) in [7, 11) is 0. The van der Waals surface area contributed by atoms with Crippen molar-refractivity contribution < 1.29 is 19.1 Å². The van der Waals surface area contributed by atoms with E-state index in [4.69, 9.17) is 9.47 Å². The molecule has 138 valence electrons. The summed E-state index contributed by atoms with van der Waals surface area (Å²) in [6, 6.07) is 14.7. The molecule has 0 radical (unpaired) electrons. The first-order valence-electron chi connectivity index (χ1n) is 8.36. The average Bonchev–Trinajstić information content (AvgIpc) is 3.11. The molecule has 0 aliphatic rings. The van der Waals surface area contributed by atoms with Gasteiger partial charge in [-0.15, -0.1) is 11.3 Å². The van der Waals surface area contributed by atoms with Gasteiger partial charge in [-0.25, -0.2) is 9.78 Å². The summed E-state index contributed by atoms with van der Waals surface area (Å²) in [5, 5.41) is 5.00. The first-order valence-corrected chi connectivity index (χ1v) is 9.24. The van der Waals surface area contributed by atoms with Crippen LogP contribution in [0.4, 0.5) is 5.00 Å². The molecular formula is C20H18N2O4S. The number of amides is 1. The van der Waals surface area contributed by atoms with Gasteiger partial charge in [0.05, 0.1) is 6.61 Å². The number of aromatic nitrogens is 1. The number of hydrogen-bond acceptors (Lipinski definition) is 6. The number of benzene rings is 1. The van der Waals surface area contributed by atoms with Gasteiger partial charge >= 0.3 is 5.97 Å². The zero-order valence-corrected chi connectivity index (χ0v) is 15.5. The summed E-state index contributed by atoms with van der Waals surface area (Å²) < 4.78 is 10.5. The molecule has 0 saturated carbocycles. The molecule has 3 aromatic rings. The Kier molecular flexibility index (Phi) is 6.17. The molecule has 7 heteroatoms. The lowest BCUT2D eigenvalue weighted by Gasteiger charge is -2.09. The number of carbonyl (C=O) groups excluding carboxylic acids is 2. The highest BCUT2D eigenvalue weighted by molar-refractivity contribution is 7.15. The van der Waals surface area contributed by atoms with Crippen LogP contribution in [0.5, 0.6) is 5.88 Å². The third-order valence-electron chi connectivity index (χ3n) is 3.60. The predicted octanol–water partition coefficient (Wildman–Crippen LogP) is 4.00. The molecule has 2 heterocycles. The Morgan fingerprint density at radius 3 is 2.59 bits per heavy atom. The van der Waals surface area contributed by atoms with Gasteiger partial charge in [-0.05, 0) is 18.6 Å². The van der Waals surface area contributed by atoms with Crippen LogP contribution >= 0.6 is 11.3 Å². The quantitative estimate of drug-likeness (QED) is 0.625. The number of esters is 1. The summed E-state index contributed by atoms with van der Waals surface area (Å²) in [6.07, 6.45) is 1.58. The number of ether oxygens (including phenoxy) is 2. The van der Waals surface area contributed by atoms with E-state index in [1.165, 1.54) is 11.3 Å². The number of thiophene rings is 1. The van der Waals surface area contributed by atoms with Gasteiger partial charge in [0.25, 0.3) is 5.91 Å². The van der Waals surface area contributed by atoms with Crippen LogP contribution in [0.2, 0.25) is 0 Å². The number of pyridine rings is 1. The zero-order valence-electron chi connectivity index (χ0n) is 14.7. The first-order chi connectivity index (χ1) is 13.2. The molecule has 2 aromatic heterocycles. The molecule has 1 aromatic carbocycles. The van der Waals surface area contributed by atoms with Crippen molar-refractivity contribution in [3.05, 3.63) is 65.7 Å². The molecule has 0 aliphatic carbocycles. The monoisotopic (exact) mass is 382 g/mol. The van der Waals surface area contributed by atoms with Gasteiger partial charge in [-0.1, -0.05) is 36.4 Å². The predicted molar refractivity (Wildman–Crippen MR) is 104 cm³/mol. The summed E-state index contributed by atoms with van der Waals surface area (Å²) in [5.41, 5.74) is 1.95. The van der Waals surface area contributed by atoms with Gasteiger partial charge in [0.2, 0.25) is 5.88 Å². The Morgan fingerprint density at radius 2 is 1.89 bits per heavy atom. The van der Waals surface area contributed by atoms with Crippen molar-refractivity contribution in [3.8, 4) is 17.0 Å². The van der Waals surface area contributed by atoms with Crippen LogP contribution in [0.3, 0.4) is 0 Å². The van der Waals surface area contributed by atoms with Crippen LogP contribution < -0.4 is 10.1 Å². The fourth-order valence-electron chi connectivity index (χ4n) is 2.42. The molecule has 0 spiro atoms. The topological polar surface area (TPSA) is 77.5 Å². The lowest BCUT2D eigenvalue weighted by atomic mass is 10.0. The SMILES string of the molecule is CCOC(=O)c1c(-c2ccccc2)csc1NC(=O)COc1ccccn1. The zero-order chi connectivity index (χ0) is 19.1. The molecule has 0 fully saturated rings. The number of nitrogens with one attached hydrogen (secondary N) is 1. The Bertz CT molecular complexity index is 910. The van der Waals surface area contributed by atoms with Crippen molar-refractivity contribution in [2.24, 2.45) is 0 Å². The van der Waals surface area contributed by atoms with Gasteiger partial charge in [-0.2, -0.15) is 0 Å². The van der Waals surface area contributed by atoms with E-state index in [1.807, 2.05) is 35.7 Å². The van der Waals surface area contributed by atoms with Crippen LogP contribution in [0, 0.1) is 0 Å². The van der Waals surface area contributed by atoms with E-state index >= 15 is 0 Å². The van der Waals surface area contributed by atoms with Crippen LogP contribution in [-0.2, 0) is 9.53 Å². The second-order valence-corrected chi connectivity index (χ2v) is 6.32. The smallest absolute Gasteiger partial charge is 0.341 e. The molecule has 0 saturated heterocycles. The number of rotatable bonds is 7. The normalized spacial score (nSPS) is 10.3. The lowest BCUT2D eigenvalue weighted by Crippen LogP contribution is -2.21. The second-order valence-electron chi connectivity index (χ2n) is 5.44. The highest BCUT2D eigenvalue weighted by atomic mass is 32.1. The van der Waals surface area contributed by atoms with Gasteiger partial charge < -0.3 is 14.8 Å². The van der Waals surface area contributed by atoms with E-state index in [-0.39, 0.29) is 19.1 Å². The molecule has 1 amide bonds. The highest BCUT2D eigenvalue weighted by Crippen LogP contribution is 2.36. The molecule has 0 bridgehead atoms. The van der Waals surface area contributed by atoms with Crippen LogP contribution in [0.15, 0.2) is 60.1 Å². The lowest BCUT2D eigenvalue weighted by molar-refractivity contribution is -0.118. The summed E-state index contributed by atoms with van der Waals surface area (Å²) in [6.45, 7) is 1.78. The minimum Gasteiger partial charge on any atom is -0.468 e. The summed E-state index contributed by atoms with van der Waals surface area (Å²) in [4.78, 5) is 28.7. The number of hydrogen-bond donors (Lipinski definition) is 1. The number of carbonyl (C=O) groups is 2. The van der Waals surface area contributed by atoms with E-state index in [1.54, 1.807) is 31.3 Å². The van der Waals surface area contributed by atoms with Crippen molar-refractivity contribution in [1.82, 2.24) is 4.98 Å². The Hall–Kier alpha value is -3.19. The maximum Gasteiger partial charge on any atom is 0.341 e. The number of nitrogens with zero attached hydrogens (tertiary/aromatic N) is 1. The Morgan fingerprint density at radius 1 is 1.11 bits per heavy atom. The molecule has 0 unspecified atom stereocenters. The third-order valence-corrected chi connectivity index (χ3v) is 4.49. The van der Waals surface area contributed by atoms with E-state index in [9.17, 15) is 9.59 Å². The van der Waals surface area contributed by atoms with Crippen LogP contribution in [-0.4, -0.2) is 30.1 Å². The largest absolute Gasteiger partial charge is 0.468 e. The van der Waals surface area contributed by atoms with Crippen molar-refractivity contribution in [2.45, 2.75) is 6.92 Å². The standard InChI is InChI=1S/C20H18N2O4S/c1-2-25-20(24)18-15(14-8-4-3-5-9-14)13-27-19(18)22-16(23)12-26-17-10-6-7-11-21-17/h3-11,13H,2,12H2,1H3,(H,22,23). The Balaban J connectivity index is 1.79. The first kappa shape index (κ1) is 18.6. The van der Waals surface area contributed by atoms with E-state index < -0.39 is 5.97 Å². The average molecular weight is 382 g/mol. The van der Waals surface area contributed by atoms with Gasteiger partial charge in [-0.3, -0.25) is 4.79 Å². The van der Waals surface area contributed by atoms with E-state index in [2.05, 4.69) is 10.3 Å². The van der Waals surface area contributed by atoms with Gasteiger partial charge in [0.15, 0.2) is 6.61 Å². The van der Waals surface area contributed by atoms with Gasteiger partial charge in [0, 0.05) is 23.2 Å². The fraction of sp³-hybridized carbons (Fsp3) is 0.150. The summed E-state index contributed by atoms with van der Waals surface area (Å²) >= 11 is 1.27. The minimum absolute atomic E-state index is 0.210. The molecule has 0 atom stereocenters. The maximum atomic E-state index is 12.5. The second kappa shape index (κ2) is 8.95. The van der Waals surface area contributed by atoms with Crippen LogP contribution in [0.25, 0.3) is 11.1 Å². The van der Waals surface area contributed by atoms with Crippen molar-refractivity contribution in [3.63, 3.8) is 0 Å². The molecular weight excluding hydrogens is 364 g/mol.